The predicted octanol–water partition coefficient (Wildman–Crippen LogP) is 2.67. The van der Waals surface area contributed by atoms with E-state index in [0.29, 0.717) is 48.0 Å². The molecule has 126 valence electrons. The number of aryl methyl sites for hydroxylation is 1. The molecule has 6 nitrogen and oxygen atoms in total. The first kappa shape index (κ1) is 16.5. The molecule has 0 atom stereocenters. The van der Waals surface area contributed by atoms with Gasteiger partial charge in [-0.05, 0) is 44.0 Å². The minimum atomic E-state index is -0.130. The molecule has 1 aromatic carbocycles. The van der Waals surface area contributed by atoms with Crippen molar-refractivity contribution in [1.82, 2.24) is 15.4 Å². The largest absolute Gasteiger partial charge is 0.361 e. The van der Waals surface area contributed by atoms with Crippen LogP contribution in [0.2, 0.25) is 5.02 Å². The van der Waals surface area contributed by atoms with E-state index in [1.54, 1.807) is 42.2 Å². The van der Waals surface area contributed by atoms with E-state index in [-0.39, 0.29) is 17.9 Å². The molecular weight excluding hydrogens is 330 g/mol. The van der Waals surface area contributed by atoms with Gasteiger partial charge in [0.2, 0.25) is 0 Å². The number of nitrogens with one attached hydrogen (secondary N) is 1. The zero-order chi connectivity index (χ0) is 17.1. The number of piperidine rings is 1. The smallest absolute Gasteiger partial charge is 0.276 e. The van der Waals surface area contributed by atoms with Gasteiger partial charge in [0.05, 0.1) is 0 Å². The van der Waals surface area contributed by atoms with Crippen LogP contribution in [0.25, 0.3) is 0 Å². The summed E-state index contributed by atoms with van der Waals surface area (Å²) in [4.78, 5) is 26.2. The summed E-state index contributed by atoms with van der Waals surface area (Å²) in [7, 11) is 0. The monoisotopic (exact) mass is 347 g/mol. The van der Waals surface area contributed by atoms with E-state index in [1.807, 2.05) is 0 Å². The lowest BCUT2D eigenvalue weighted by atomic mass is 10.0. The molecule has 1 aliphatic heterocycles. The van der Waals surface area contributed by atoms with Crippen LogP contribution in [0, 0.1) is 6.92 Å². The van der Waals surface area contributed by atoms with Crippen LogP contribution >= 0.6 is 11.6 Å². The quantitative estimate of drug-likeness (QED) is 0.926. The van der Waals surface area contributed by atoms with Crippen molar-refractivity contribution in [3.05, 3.63) is 52.4 Å². The average molecular weight is 348 g/mol. The van der Waals surface area contributed by atoms with E-state index in [2.05, 4.69) is 10.5 Å². The van der Waals surface area contributed by atoms with Crippen molar-refractivity contribution in [2.45, 2.75) is 25.8 Å². The number of amides is 2. The number of benzene rings is 1. The zero-order valence-corrected chi connectivity index (χ0v) is 14.0. The van der Waals surface area contributed by atoms with Crippen LogP contribution in [0.3, 0.4) is 0 Å². The molecule has 1 aliphatic rings. The van der Waals surface area contributed by atoms with Crippen LogP contribution in [-0.2, 0) is 0 Å². The molecule has 0 bridgehead atoms. The molecule has 0 radical (unpaired) electrons. The van der Waals surface area contributed by atoms with Crippen molar-refractivity contribution in [1.29, 1.82) is 0 Å². The molecule has 1 saturated heterocycles. The summed E-state index contributed by atoms with van der Waals surface area (Å²) in [6.45, 7) is 2.91. The highest BCUT2D eigenvalue weighted by Gasteiger charge is 2.26. The van der Waals surface area contributed by atoms with Crippen LogP contribution in [-0.4, -0.2) is 41.0 Å². The van der Waals surface area contributed by atoms with Gasteiger partial charge in [-0.1, -0.05) is 16.8 Å². The number of rotatable bonds is 3. The number of nitrogens with zero attached hydrogens (tertiary/aromatic N) is 2. The lowest BCUT2D eigenvalue weighted by Gasteiger charge is -2.31. The van der Waals surface area contributed by atoms with Crippen molar-refractivity contribution in [2.24, 2.45) is 0 Å². The summed E-state index contributed by atoms with van der Waals surface area (Å²) < 4.78 is 4.94. The molecule has 0 unspecified atom stereocenters. The third kappa shape index (κ3) is 3.76. The van der Waals surface area contributed by atoms with Gasteiger partial charge in [-0.15, -0.1) is 0 Å². The Hall–Kier alpha value is -2.34. The Balaban J connectivity index is 1.52. The Morgan fingerprint density at radius 1 is 1.25 bits per heavy atom. The fourth-order valence-electron chi connectivity index (χ4n) is 2.73. The fourth-order valence-corrected chi connectivity index (χ4v) is 2.85. The Kier molecular flexibility index (Phi) is 4.85. The molecular formula is C17H18ClN3O3. The van der Waals surface area contributed by atoms with Crippen molar-refractivity contribution in [3.63, 3.8) is 0 Å². The molecule has 0 spiro atoms. The molecule has 1 N–H and O–H groups in total. The second kappa shape index (κ2) is 7.05. The first-order valence-corrected chi connectivity index (χ1v) is 8.20. The fraction of sp³-hybridized carbons (Fsp3) is 0.353. The summed E-state index contributed by atoms with van der Waals surface area (Å²) in [5.74, 6) is 0.362. The number of hydrogen-bond donors (Lipinski definition) is 1. The third-order valence-electron chi connectivity index (χ3n) is 4.07. The summed E-state index contributed by atoms with van der Waals surface area (Å²) >= 11 is 5.83. The number of halogens is 1. The maximum atomic E-state index is 12.3. The van der Waals surface area contributed by atoms with Gasteiger partial charge < -0.3 is 14.7 Å². The standard InChI is InChI=1S/C17H18ClN3O3/c1-11-10-15(20-24-11)17(23)21-8-6-14(7-9-21)19-16(22)12-2-4-13(18)5-3-12/h2-5,10,14H,6-9H2,1H3,(H,19,22). The highest BCUT2D eigenvalue weighted by atomic mass is 35.5. The lowest BCUT2D eigenvalue weighted by molar-refractivity contribution is 0.0688. The van der Waals surface area contributed by atoms with Gasteiger partial charge in [0, 0.05) is 35.8 Å². The van der Waals surface area contributed by atoms with Gasteiger partial charge in [-0.25, -0.2) is 0 Å². The molecule has 0 saturated carbocycles. The van der Waals surface area contributed by atoms with Crippen molar-refractivity contribution >= 4 is 23.4 Å². The minimum absolute atomic E-state index is 0.0521. The molecule has 1 fully saturated rings. The molecule has 3 rings (SSSR count). The van der Waals surface area contributed by atoms with Gasteiger partial charge >= 0.3 is 0 Å². The summed E-state index contributed by atoms with van der Waals surface area (Å²) in [5, 5.41) is 7.36. The molecule has 2 amide bonds. The van der Waals surface area contributed by atoms with Crippen molar-refractivity contribution in [3.8, 4) is 0 Å². The summed E-state index contributed by atoms with van der Waals surface area (Å²) in [5.41, 5.74) is 0.909. The summed E-state index contributed by atoms with van der Waals surface area (Å²) in [6.07, 6.45) is 1.42. The average Bonchev–Trinajstić information content (AvgIpc) is 3.02. The molecule has 0 aliphatic carbocycles. The highest BCUT2D eigenvalue weighted by Crippen LogP contribution is 2.15. The van der Waals surface area contributed by atoms with Crippen LogP contribution in [0.15, 0.2) is 34.9 Å². The normalized spacial score (nSPS) is 15.3. The molecule has 2 heterocycles. The molecule has 24 heavy (non-hydrogen) atoms. The van der Waals surface area contributed by atoms with Crippen LogP contribution in [0.1, 0.15) is 39.4 Å². The number of carbonyl (C=O) groups excluding carboxylic acids is 2. The first-order chi connectivity index (χ1) is 11.5. The van der Waals surface area contributed by atoms with Gasteiger partial charge in [0.1, 0.15) is 5.76 Å². The van der Waals surface area contributed by atoms with Crippen LogP contribution < -0.4 is 5.32 Å². The van der Waals surface area contributed by atoms with Gasteiger partial charge in [0.25, 0.3) is 11.8 Å². The maximum absolute atomic E-state index is 12.3. The van der Waals surface area contributed by atoms with Crippen LogP contribution in [0.5, 0.6) is 0 Å². The first-order valence-electron chi connectivity index (χ1n) is 7.82. The third-order valence-corrected chi connectivity index (χ3v) is 4.32. The number of carbonyl (C=O) groups is 2. The van der Waals surface area contributed by atoms with E-state index in [9.17, 15) is 9.59 Å². The van der Waals surface area contributed by atoms with E-state index < -0.39 is 0 Å². The maximum Gasteiger partial charge on any atom is 0.276 e. The Labute approximate surface area is 144 Å². The molecule has 7 heteroatoms. The van der Waals surface area contributed by atoms with E-state index in [0.717, 1.165) is 0 Å². The van der Waals surface area contributed by atoms with Gasteiger partial charge in [-0.2, -0.15) is 0 Å². The number of aromatic nitrogens is 1. The topological polar surface area (TPSA) is 75.4 Å². The van der Waals surface area contributed by atoms with E-state index >= 15 is 0 Å². The number of likely N-dealkylation sites (tertiary alicyclic amines) is 1. The Morgan fingerprint density at radius 3 is 2.50 bits per heavy atom. The summed E-state index contributed by atoms with van der Waals surface area (Å²) in [6, 6.07) is 8.47. The van der Waals surface area contributed by atoms with Crippen molar-refractivity contribution < 1.29 is 14.1 Å². The van der Waals surface area contributed by atoms with Crippen LogP contribution in [0.4, 0.5) is 0 Å². The van der Waals surface area contributed by atoms with E-state index in [1.165, 1.54) is 0 Å². The van der Waals surface area contributed by atoms with E-state index in [4.69, 9.17) is 16.1 Å². The highest BCUT2D eigenvalue weighted by molar-refractivity contribution is 6.30. The van der Waals surface area contributed by atoms with Gasteiger partial charge in [-0.3, -0.25) is 9.59 Å². The SMILES string of the molecule is Cc1cc(C(=O)N2CCC(NC(=O)c3ccc(Cl)cc3)CC2)no1. The minimum Gasteiger partial charge on any atom is -0.361 e. The van der Waals surface area contributed by atoms with Crippen molar-refractivity contribution in [2.75, 3.05) is 13.1 Å². The van der Waals surface area contributed by atoms with Gasteiger partial charge in [0.15, 0.2) is 5.69 Å². The number of hydrogen-bond acceptors (Lipinski definition) is 4. The lowest BCUT2D eigenvalue weighted by Crippen LogP contribution is -2.46. The Morgan fingerprint density at radius 2 is 1.92 bits per heavy atom. The molecule has 1 aromatic heterocycles. The Bertz CT molecular complexity index is 734. The zero-order valence-electron chi connectivity index (χ0n) is 13.3. The second-order valence-electron chi connectivity index (χ2n) is 5.87. The molecule has 2 aromatic rings. The predicted molar refractivity (Wildman–Crippen MR) is 89.1 cm³/mol. The second-order valence-corrected chi connectivity index (χ2v) is 6.31.